The molecule has 0 heterocycles. The van der Waals surface area contributed by atoms with Crippen LogP contribution >= 0.6 is 11.6 Å². The van der Waals surface area contributed by atoms with Crippen molar-refractivity contribution < 1.29 is 4.39 Å². The molecule has 0 saturated carbocycles. The molecule has 1 rings (SSSR count). The van der Waals surface area contributed by atoms with E-state index >= 15 is 0 Å². The second-order valence-electron chi connectivity index (χ2n) is 4.76. The SMILES string of the molecule is CCCN(C(C)C)C(CN)c1ccc(Cl)c(F)c1. The van der Waals surface area contributed by atoms with Crippen LogP contribution in [-0.2, 0) is 0 Å². The number of nitrogens with zero attached hydrogens (tertiary/aromatic N) is 1. The lowest BCUT2D eigenvalue weighted by molar-refractivity contribution is 0.157. The minimum absolute atomic E-state index is 0.0386. The fourth-order valence-corrected chi connectivity index (χ4v) is 2.33. The van der Waals surface area contributed by atoms with Crippen LogP contribution in [0.1, 0.15) is 38.8 Å². The van der Waals surface area contributed by atoms with Crippen LogP contribution in [0.2, 0.25) is 5.02 Å². The molecule has 0 fully saturated rings. The quantitative estimate of drug-likeness (QED) is 0.857. The van der Waals surface area contributed by atoms with E-state index in [4.69, 9.17) is 17.3 Å². The second kappa shape index (κ2) is 7.07. The minimum Gasteiger partial charge on any atom is -0.329 e. The van der Waals surface area contributed by atoms with Crippen molar-refractivity contribution in [2.24, 2.45) is 5.73 Å². The molecular weight excluding hydrogens is 251 g/mol. The first-order valence-electron chi connectivity index (χ1n) is 6.42. The van der Waals surface area contributed by atoms with Crippen molar-refractivity contribution in [3.8, 4) is 0 Å². The van der Waals surface area contributed by atoms with Gasteiger partial charge in [-0.25, -0.2) is 4.39 Å². The third kappa shape index (κ3) is 3.67. The summed E-state index contributed by atoms with van der Waals surface area (Å²) >= 11 is 5.71. The van der Waals surface area contributed by atoms with Gasteiger partial charge >= 0.3 is 0 Å². The first-order chi connectivity index (χ1) is 8.51. The van der Waals surface area contributed by atoms with Crippen LogP contribution in [-0.4, -0.2) is 24.0 Å². The summed E-state index contributed by atoms with van der Waals surface area (Å²) in [5.41, 5.74) is 6.76. The van der Waals surface area contributed by atoms with Crippen molar-refractivity contribution in [3.63, 3.8) is 0 Å². The highest BCUT2D eigenvalue weighted by Gasteiger charge is 2.21. The predicted octanol–water partition coefficient (Wildman–Crippen LogP) is 3.60. The molecule has 0 radical (unpaired) electrons. The Kier molecular flexibility index (Phi) is 6.06. The van der Waals surface area contributed by atoms with Gasteiger partial charge in [-0.1, -0.05) is 24.6 Å². The molecular formula is C14H22ClFN2. The van der Waals surface area contributed by atoms with Gasteiger partial charge in [0.15, 0.2) is 0 Å². The molecule has 0 aromatic heterocycles. The normalized spacial score (nSPS) is 13.3. The molecule has 0 spiro atoms. The Balaban J connectivity index is 3.02. The van der Waals surface area contributed by atoms with E-state index in [1.165, 1.54) is 6.07 Å². The molecule has 0 aliphatic heterocycles. The fourth-order valence-electron chi connectivity index (χ4n) is 2.21. The molecule has 1 aromatic carbocycles. The molecule has 1 unspecified atom stereocenters. The van der Waals surface area contributed by atoms with E-state index in [2.05, 4.69) is 25.7 Å². The summed E-state index contributed by atoms with van der Waals surface area (Å²) in [6, 6.07) is 5.35. The molecule has 102 valence electrons. The van der Waals surface area contributed by atoms with E-state index in [0.29, 0.717) is 12.6 Å². The maximum atomic E-state index is 13.5. The van der Waals surface area contributed by atoms with Crippen LogP contribution in [0, 0.1) is 5.82 Å². The molecule has 4 heteroatoms. The Morgan fingerprint density at radius 3 is 2.50 bits per heavy atom. The lowest BCUT2D eigenvalue weighted by Crippen LogP contribution is -2.39. The zero-order valence-corrected chi connectivity index (χ0v) is 12.0. The number of hydrogen-bond acceptors (Lipinski definition) is 2. The van der Waals surface area contributed by atoms with Crippen LogP contribution in [0.4, 0.5) is 4.39 Å². The van der Waals surface area contributed by atoms with E-state index in [0.717, 1.165) is 18.5 Å². The molecule has 0 bridgehead atoms. The lowest BCUT2D eigenvalue weighted by atomic mass is 10.0. The van der Waals surface area contributed by atoms with Gasteiger partial charge in [0, 0.05) is 18.6 Å². The van der Waals surface area contributed by atoms with Gasteiger partial charge in [0.05, 0.1) is 5.02 Å². The maximum absolute atomic E-state index is 13.5. The molecule has 1 atom stereocenters. The van der Waals surface area contributed by atoms with Gasteiger partial charge in [0.1, 0.15) is 5.82 Å². The van der Waals surface area contributed by atoms with Crippen LogP contribution in [0.15, 0.2) is 18.2 Å². The molecule has 0 aliphatic carbocycles. The average Bonchev–Trinajstić information content (AvgIpc) is 2.33. The zero-order chi connectivity index (χ0) is 13.7. The Hall–Kier alpha value is -0.640. The largest absolute Gasteiger partial charge is 0.329 e. The second-order valence-corrected chi connectivity index (χ2v) is 5.16. The monoisotopic (exact) mass is 272 g/mol. The van der Waals surface area contributed by atoms with Crippen molar-refractivity contribution in [2.75, 3.05) is 13.1 Å². The van der Waals surface area contributed by atoms with Crippen molar-refractivity contribution >= 4 is 11.6 Å². The van der Waals surface area contributed by atoms with E-state index in [1.54, 1.807) is 6.07 Å². The van der Waals surface area contributed by atoms with Crippen molar-refractivity contribution in [3.05, 3.63) is 34.6 Å². The lowest BCUT2D eigenvalue weighted by Gasteiger charge is -2.34. The summed E-state index contributed by atoms with van der Waals surface area (Å²) in [6.45, 7) is 7.81. The number of benzene rings is 1. The number of halogens is 2. The average molecular weight is 273 g/mol. The minimum atomic E-state index is -0.382. The Labute approximate surface area is 114 Å². The molecule has 18 heavy (non-hydrogen) atoms. The molecule has 0 aliphatic rings. The van der Waals surface area contributed by atoms with E-state index in [9.17, 15) is 4.39 Å². The molecule has 2 N–H and O–H groups in total. The highest BCUT2D eigenvalue weighted by molar-refractivity contribution is 6.30. The van der Waals surface area contributed by atoms with Gasteiger partial charge in [0.25, 0.3) is 0 Å². The van der Waals surface area contributed by atoms with Gasteiger partial charge in [-0.2, -0.15) is 0 Å². The molecule has 2 nitrogen and oxygen atoms in total. The summed E-state index contributed by atoms with van der Waals surface area (Å²) in [6.07, 6.45) is 1.05. The molecule has 0 amide bonds. The Bertz CT molecular complexity index is 382. The van der Waals surface area contributed by atoms with Crippen molar-refractivity contribution in [1.29, 1.82) is 0 Å². The maximum Gasteiger partial charge on any atom is 0.142 e. The van der Waals surface area contributed by atoms with Crippen LogP contribution in [0.5, 0.6) is 0 Å². The van der Waals surface area contributed by atoms with E-state index in [1.807, 2.05) is 6.07 Å². The third-order valence-electron chi connectivity index (χ3n) is 3.10. The number of hydrogen-bond donors (Lipinski definition) is 1. The van der Waals surface area contributed by atoms with E-state index < -0.39 is 0 Å². The topological polar surface area (TPSA) is 29.3 Å². The Morgan fingerprint density at radius 2 is 2.06 bits per heavy atom. The predicted molar refractivity (Wildman–Crippen MR) is 75.3 cm³/mol. The number of nitrogens with two attached hydrogens (primary N) is 1. The van der Waals surface area contributed by atoms with Gasteiger partial charge in [-0.15, -0.1) is 0 Å². The first-order valence-corrected chi connectivity index (χ1v) is 6.79. The first kappa shape index (κ1) is 15.4. The summed E-state index contributed by atoms with van der Waals surface area (Å²) in [5.74, 6) is -0.382. The zero-order valence-electron chi connectivity index (χ0n) is 11.3. The third-order valence-corrected chi connectivity index (χ3v) is 3.40. The van der Waals surface area contributed by atoms with Gasteiger partial charge in [-0.05, 0) is 44.5 Å². The summed E-state index contributed by atoms with van der Waals surface area (Å²) < 4.78 is 13.5. The number of rotatable bonds is 6. The van der Waals surface area contributed by atoms with Gasteiger partial charge < -0.3 is 5.73 Å². The highest BCUT2D eigenvalue weighted by atomic mass is 35.5. The molecule has 0 saturated heterocycles. The standard InChI is InChI=1S/C14H22ClFN2/c1-4-7-18(10(2)3)14(9-17)11-5-6-12(15)13(16)8-11/h5-6,8,10,14H,4,7,9,17H2,1-3H3. The van der Waals surface area contributed by atoms with Gasteiger partial charge in [0.2, 0.25) is 0 Å². The Morgan fingerprint density at radius 1 is 1.39 bits per heavy atom. The van der Waals surface area contributed by atoms with Crippen LogP contribution in [0.3, 0.4) is 0 Å². The summed E-state index contributed by atoms with van der Waals surface area (Å²) in [7, 11) is 0. The summed E-state index contributed by atoms with van der Waals surface area (Å²) in [4.78, 5) is 2.29. The fraction of sp³-hybridized carbons (Fsp3) is 0.571. The smallest absolute Gasteiger partial charge is 0.142 e. The molecule has 1 aromatic rings. The van der Waals surface area contributed by atoms with Crippen LogP contribution in [0.25, 0.3) is 0 Å². The summed E-state index contributed by atoms with van der Waals surface area (Å²) in [5, 5.41) is 0.154. The van der Waals surface area contributed by atoms with Crippen LogP contribution < -0.4 is 5.73 Å². The van der Waals surface area contributed by atoms with Crippen molar-refractivity contribution in [2.45, 2.75) is 39.3 Å². The van der Waals surface area contributed by atoms with Gasteiger partial charge in [-0.3, -0.25) is 4.90 Å². The van der Waals surface area contributed by atoms with E-state index in [-0.39, 0.29) is 16.9 Å². The van der Waals surface area contributed by atoms with Crippen molar-refractivity contribution in [1.82, 2.24) is 4.90 Å². The highest BCUT2D eigenvalue weighted by Crippen LogP contribution is 2.25.